The third kappa shape index (κ3) is 5.78. The van der Waals surface area contributed by atoms with E-state index in [1.54, 1.807) is 7.11 Å². The van der Waals surface area contributed by atoms with E-state index in [4.69, 9.17) is 9.47 Å². The standard InChI is InChI=1S/C20H36N4O2/c1-3-24-11-8-21-20(24)17-23(16-19-5-4-13-26-19)15-18-6-9-22(10-7-18)12-14-25-2/h8,11,18-19H,3-7,9-10,12-17H2,1-2H3. The zero-order chi connectivity index (χ0) is 18.2. The van der Waals surface area contributed by atoms with Crippen LogP contribution < -0.4 is 0 Å². The van der Waals surface area contributed by atoms with Crippen molar-refractivity contribution in [2.45, 2.75) is 51.8 Å². The maximum Gasteiger partial charge on any atom is 0.122 e. The minimum Gasteiger partial charge on any atom is -0.383 e. The summed E-state index contributed by atoms with van der Waals surface area (Å²) >= 11 is 0. The molecule has 0 spiro atoms. The van der Waals surface area contributed by atoms with Crippen molar-refractivity contribution in [3.8, 4) is 0 Å². The summed E-state index contributed by atoms with van der Waals surface area (Å²) in [6.07, 6.45) is 9.41. The van der Waals surface area contributed by atoms with Crippen molar-refractivity contribution in [3.05, 3.63) is 18.2 Å². The maximum absolute atomic E-state index is 5.92. The molecule has 0 aromatic carbocycles. The van der Waals surface area contributed by atoms with Gasteiger partial charge in [0.05, 0.1) is 19.3 Å². The predicted octanol–water partition coefficient (Wildman–Crippen LogP) is 2.24. The number of likely N-dealkylation sites (tertiary alicyclic amines) is 1. The second-order valence-corrected chi connectivity index (χ2v) is 7.74. The van der Waals surface area contributed by atoms with Gasteiger partial charge in [0.15, 0.2) is 0 Å². The Labute approximate surface area is 158 Å². The topological polar surface area (TPSA) is 42.8 Å². The van der Waals surface area contributed by atoms with Crippen molar-refractivity contribution in [1.29, 1.82) is 0 Å². The molecule has 6 nitrogen and oxygen atoms in total. The number of methoxy groups -OCH3 is 1. The van der Waals surface area contributed by atoms with Crippen LogP contribution >= 0.6 is 0 Å². The molecule has 1 atom stereocenters. The molecule has 2 aliphatic heterocycles. The van der Waals surface area contributed by atoms with Crippen LogP contribution in [0.3, 0.4) is 0 Å². The van der Waals surface area contributed by atoms with Gasteiger partial charge >= 0.3 is 0 Å². The van der Waals surface area contributed by atoms with Gasteiger partial charge in [-0.1, -0.05) is 0 Å². The normalized spacial score (nSPS) is 22.5. The van der Waals surface area contributed by atoms with E-state index >= 15 is 0 Å². The van der Waals surface area contributed by atoms with Crippen molar-refractivity contribution < 1.29 is 9.47 Å². The lowest BCUT2D eigenvalue weighted by molar-refractivity contribution is 0.0538. The summed E-state index contributed by atoms with van der Waals surface area (Å²) in [6.45, 7) is 11.6. The molecule has 2 aliphatic rings. The largest absolute Gasteiger partial charge is 0.383 e. The van der Waals surface area contributed by atoms with Crippen molar-refractivity contribution in [3.63, 3.8) is 0 Å². The van der Waals surface area contributed by atoms with Crippen molar-refractivity contribution >= 4 is 0 Å². The van der Waals surface area contributed by atoms with Crippen LogP contribution in [-0.4, -0.2) is 78.5 Å². The maximum atomic E-state index is 5.92. The van der Waals surface area contributed by atoms with E-state index in [0.29, 0.717) is 6.10 Å². The van der Waals surface area contributed by atoms with Gasteiger partial charge in [0.2, 0.25) is 0 Å². The lowest BCUT2D eigenvalue weighted by Crippen LogP contribution is -2.41. The number of hydrogen-bond acceptors (Lipinski definition) is 5. The van der Waals surface area contributed by atoms with Crippen molar-refractivity contribution in [1.82, 2.24) is 19.4 Å². The highest BCUT2D eigenvalue weighted by Crippen LogP contribution is 2.21. The summed E-state index contributed by atoms with van der Waals surface area (Å²) in [5, 5.41) is 0. The summed E-state index contributed by atoms with van der Waals surface area (Å²) < 4.78 is 13.4. The van der Waals surface area contributed by atoms with Crippen LogP contribution in [0, 0.1) is 5.92 Å². The average Bonchev–Trinajstić information content (AvgIpc) is 3.33. The van der Waals surface area contributed by atoms with Crippen molar-refractivity contribution in [2.75, 3.05) is 53.0 Å². The zero-order valence-electron chi connectivity index (χ0n) is 16.6. The van der Waals surface area contributed by atoms with Crippen LogP contribution in [0.2, 0.25) is 0 Å². The molecule has 1 unspecified atom stereocenters. The van der Waals surface area contributed by atoms with Crippen LogP contribution in [0.15, 0.2) is 12.4 Å². The zero-order valence-corrected chi connectivity index (χ0v) is 16.6. The van der Waals surface area contributed by atoms with E-state index in [0.717, 1.165) is 51.9 Å². The fourth-order valence-corrected chi connectivity index (χ4v) is 4.24. The fraction of sp³-hybridized carbons (Fsp3) is 0.850. The Balaban J connectivity index is 1.53. The number of ether oxygens (including phenoxy) is 2. The molecule has 0 radical (unpaired) electrons. The van der Waals surface area contributed by atoms with Gasteiger partial charge in [-0.15, -0.1) is 0 Å². The molecule has 0 N–H and O–H groups in total. The molecule has 2 saturated heterocycles. The molecule has 1 aromatic heterocycles. The van der Waals surface area contributed by atoms with E-state index in [1.807, 2.05) is 6.20 Å². The highest BCUT2D eigenvalue weighted by molar-refractivity contribution is 4.93. The smallest absolute Gasteiger partial charge is 0.122 e. The Hall–Kier alpha value is -0.950. The first-order valence-corrected chi connectivity index (χ1v) is 10.3. The van der Waals surface area contributed by atoms with Crippen LogP contribution in [0.5, 0.6) is 0 Å². The molecular formula is C20H36N4O2. The van der Waals surface area contributed by atoms with E-state index in [1.165, 1.54) is 44.6 Å². The molecule has 0 saturated carbocycles. The van der Waals surface area contributed by atoms with Crippen LogP contribution in [0.4, 0.5) is 0 Å². The lowest BCUT2D eigenvalue weighted by atomic mass is 9.96. The number of hydrogen-bond donors (Lipinski definition) is 0. The van der Waals surface area contributed by atoms with Gasteiger partial charge in [0.25, 0.3) is 0 Å². The number of aromatic nitrogens is 2. The van der Waals surface area contributed by atoms with Gasteiger partial charge in [-0.25, -0.2) is 4.98 Å². The minimum atomic E-state index is 0.404. The van der Waals surface area contributed by atoms with Gasteiger partial charge in [0.1, 0.15) is 5.82 Å². The SMILES string of the molecule is CCn1ccnc1CN(CC1CCN(CCOC)CC1)CC1CCCO1. The molecule has 3 heterocycles. The molecule has 2 fully saturated rings. The third-order valence-corrected chi connectivity index (χ3v) is 5.83. The second kappa shape index (κ2) is 10.4. The Morgan fingerprint density at radius 1 is 1.27 bits per heavy atom. The summed E-state index contributed by atoms with van der Waals surface area (Å²) in [6, 6.07) is 0. The van der Waals surface area contributed by atoms with Crippen LogP contribution in [0.25, 0.3) is 0 Å². The quantitative estimate of drug-likeness (QED) is 0.637. The van der Waals surface area contributed by atoms with Crippen LogP contribution in [0.1, 0.15) is 38.4 Å². The Morgan fingerprint density at radius 3 is 2.81 bits per heavy atom. The Morgan fingerprint density at radius 2 is 2.12 bits per heavy atom. The van der Waals surface area contributed by atoms with Crippen LogP contribution in [-0.2, 0) is 22.6 Å². The molecule has 3 rings (SSSR count). The van der Waals surface area contributed by atoms with E-state index in [9.17, 15) is 0 Å². The first kappa shape index (κ1) is 19.8. The number of rotatable bonds is 10. The molecule has 26 heavy (non-hydrogen) atoms. The van der Waals surface area contributed by atoms with E-state index in [-0.39, 0.29) is 0 Å². The van der Waals surface area contributed by atoms with Gasteiger partial charge in [-0.2, -0.15) is 0 Å². The first-order chi connectivity index (χ1) is 12.8. The van der Waals surface area contributed by atoms with Crippen molar-refractivity contribution in [2.24, 2.45) is 5.92 Å². The fourth-order valence-electron chi connectivity index (χ4n) is 4.24. The number of nitrogens with zero attached hydrogens (tertiary/aromatic N) is 4. The number of piperidine rings is 1. The molecule has 0 bridgehead atoms. The first-order valence-electron chi connectivity index (χ1n) is 10.3. The van der Waals surface area contributed by atoms with Gasteiger partial charge in [-0.3, -0.25) is 4.90 Å². The predicted molar refractivity (Wildman–Crippen MR) is 103 cm³/mol. The Kier molecular flexibility index (Phi) is 7.92. The Bertz CT molecular complexity index is 508. The van der Waals surface area contributed by atoms with E-state index < -0.39 is 0 Å². The molecule has 0 amide bonds. The summed E-state index contributed by atoms with van der Waals surface area (Å²) in [7, 11) is 1.79. The minimum absolute atomic E-state index is 0.404. The van der Waals surface area contributed by atoms with Gasteiger partial charge in [-0.05, 0) is 51.6 Å². The molecule has 0 aliphatic carbocycles. The van der Waals surface area contributed by atoms with E-state index in [2.05, 4.69) is 32.5 Å². The second-order valence-electron chi connectivity index (χ2n) is 7.74. The number of aryl methyl sites for hydroxylation is 1. The molecule has 1 aromatic rings. The third-order valence-electron chi connectivity index (χ3n) is 5.83. The molecule has 6 heteroatoms. The highest BCUT2D eigenvalue weighted by Gasteiger charge is 2.25. The number of imidazole rings is 1. The van der Waals surface area contributed by atoms with Gasteiger partial charge in [0, 0.05) is 52.3 Å². The van der Waals surface area contributed by atoms with Gasteiger partial charge < -0.3 is 18.9 Å². The average molecular weight is 365 g/mol. The monoisotopic (exact) mass is 364 g/mol. The molecule has 148 valence electrons. The summed E-state index contributed by atoms with van der Waals surface area (Å²) in [5.41, 5.74) is 0. The summed E-state index contributed by atoms with van der Waals surface area (Å²) in [4.78, 5) is 9.73. The highest BCUT2D eigenvalue weighted by atomic mass is 16.5. The summed E-state index contributed by atoms with van der Waals surface area (Å²) in [5.74, 6) is 1.96. The lowest BCUT2D eigenvalue weighted by Gasteiger charge is -2.35. The molecular weight excluding hydrogens is 328 g/mol.